The highest BCUT2D eigenvalue weighted by Gasteiger charge is 2.09. The van der Waals surface area contributed by atoms with Crippen LogP contribution in [0.1, 0.15) is 12.5 Å². The number of hydrogen-bond acceptors (Lipinski definition) is 4. The van der Waals surface area contributed by atoms with Crippen LogP contribution in [0.2, 0.25) is 0 Å². The van der Waals surface area contributed by atoms with Crippen molar-refractivity contribution in [2.75, 3.05) is 38.5 Å². The molecule has 0 aromatic heterocycles. The molecular formula is C20H24N2O3. The largest absolute Gasteiger partial charge is 0.497 e. The Morgan fingerprint density at radius 3 is 2.48 bits per heavy atom. The van der Waals surface area contributed by atoms with Crippen molar-refractivity contribution in [3.05, 3.63) is 54.1 Å². The van der Waals surface area contributed by atoms with Crippen LogP contribution in [0.15, 0.2) is 48.5 Å². The van der Waals surface area contributed by atoms with E-state index in [9.17, 15) is 4.79 Å². The first-order valence-electron chi connectivity index (χ1n) is 7.93. The summed E-state index contributed by atoms with van der Waals surface area (Å²) in [5, 5.41) is 2.89. The van der Waals surface area contributed by atoms with E-state index in [0.717, 1.165) is 22.5 Å². The first-order chi connectivity index (χ1) is 11.9. The number of hydrogen-bond donors (Lipinski definition) is 1. The van der Waals surface area contributed by atoms with Crippen molar-refractivity contribution in [3.63, 3.8) is 0 Å². The second-order valence-electron chi connectivity index (χ2n) is 5.83. The van der Waals surface area contributed by atoms with Crippen molar-refractivity contribution in [1.82, 2.24) is 0 Å². The number of carbonyl (C=O) groups excluding carboxylic acids is 1. The Labute approximate surface area is 148 Å². The maximum Gasteiger partial charge on any atom is 0.248 e. The van der Waals surface area contributed by atoms with Crippen molar-refractivity contribution in [3.8, 4) is 11.5 Å². The number of amides is 1. The third-order valence-corrected chi connectivity index (χ3v) is 3.81. The van der Waals surface area contributed by atoms with Crippen LogP contribution in [-0.2, 0) is 4.79 Å². The van der Waals surface area contributed by atoms with E-state index in [0.29, 0.717) is 11.5 Å². The maximum absolute atomic E-state index is 12.3. The average molecular weight is 340 g/mol. The summed E-state index contributed by atoms with van der Waals surface area (Å²) < 4.78 is 10.6. The summed E-state index contributed by atoms with van der Waals surface area (Å²) in [7, 11) is 7.12. The maximum atomic E-state index is 12.3. The number of rotatable bonds is 6. The number of ether oxygens (including phenoxy) is 2. The van der Waals surface area contributed by atoms with Gasteiger partial charge in [-0.1, -0.05) is 6.07 Å². The lowest BCUT2D eigenvalue weighted by Gasteiger charge is -2.14. The van der Waals surface area contributed by atoms with Gasteiger partial charge in [-0.3, -0.25) is 4.79 Å². The van der Waals surface area contributed by atoms with Gasteiger partial charge in [0.1, 0.15) is 11.5 Å². The van der Waals surface area contributed by atoms with Crippen LogP contribution in [0.3, 0.4) is 0 Å². The molecule has 0 unspecified atom stereocenters. The molecule has 1 amide bonds. The van der Waals surface area contributed by atoms with E-state index in [-0.39, 0.29) is 5.91 Å². The van der Waals surface area contributed by atoms with Crippen LogP contribution in [0, 0.1) is 0 Å². The van der Waals surface area contributed by atoms with Crippen LogP contribution in [-0.4, -0.2) is 34.2 Å². The van der Waals surface area contributed by atoms with Crippen LogP contribution in [0.25, 0.3) is 5.57 Å². The molecular weight excluding hydrogens is 316 g/mol. The van der Waals surface area contributed by atoms with Crippen molar-refractivity contribution < 1.29 is 14.3 Å². The van der Waals surface area contributed by atoms with Gasteiger partial charge in [-0.15, -0.1) is 0 Å². The molecule has 25 heavy (non-hydrogen) atoms. The van der Waals surface area contributed by atoms with E-state index in [1.54, 1.807) is 26.4 Å². The Morgan fingerprint density at radius 1 is 1.08 bits per heavy atom. The highest BCUT2D eigenvalue weighted by atomic mass is 16.5. The molecule has 0 aliphatic rings. The number of benzene rings is 2. The van der Waals surface area contributed by atoms with Crippen LogP contribution < -0.4 is 19.7 Å². The molecule has 2 rings (SSSR count). The monoisotopic (exact) mass is 340 g/mol. The summed E-state index contributed by atoms with van der Waals surface area (Å²) in [6.45, 7) is 1.88. The number of allylic oxidation sites excluding steroid dienone is 1. The second-order valence-corrected chi connectivity index (χ2v) is 5.83. The zero-order valence-corrected chi connectivity index (χ0v) is 15.3. The molecule has 5 nitrogen and oxygen atoms in total. The molecule has 0 aliphatic carbocycles. The molecule has 0 heterocycles. The number of nitrogens with one attached hydrogen (secondary N) is 1. The fourth-order valence-corrected chi connectivity index (χ4v) is 2.44. The van der Waals surface area contributed by atoms with Gasteiger partial charge >= 0.3 is 0 Å². The normalized spacial score (nSPS) is 11.0. The van der Waals surface area contributed by atoms with Crippen LogP contribution >= 0.6 is 0 Å². The van der Waals surface area contributed by atoms with E-state index >= 15 is 0 Å². The molecule has 0 fully saturated rings. The quantitative estimate of drug-likeness (QED) is 0.813. The van der Waals surface area contributed by atoms with Gasteiger partial charge < -0.3 is 19.7 Å². The molecule has 2 aromatic carbocycles. The summed E-state index contributed by atoms with van der Waals surface area (Å²) in [4.78, 5) is 14.3. The smallest absolute Gasteiger partial charge is 0.248 e. The topological polar surface area (TPSA) is 50.8 Å². The van der Waals surface area contributed by atoms with E-state index in [1.807, 2.05) is 62.3 Å². The van der Waals surface area contributed by atoms with Gasteiger partial charge in [0, 0.05) is 43.2 Å². The summed E-state index contributed by atoms with van der Waals surface area (Å²) in [5.74, 6) is 1.18. The first-order valence-corrected chi connectivity index (χ1v) is 7.93. The van der Waals surface area contributed by atoms with Crippen molar-refractivity contribution >= 4 is 22.9 Å². The van der Waals surface area contributed by atoms with E-state index in [1.165, 1.54) is 0 Å². The number of anilines is 2. The molecule has 0 saturated carbocycles. The predicted molar refractivity (Wildman–Crippen MR) is 103 cm³/mol. The molecule has 1 N–H and O–H groups in total. The Balaban J connectivity index is 2.19. The number of methoxy groups -OCH3 is 2. The lowest BCUT2D eigenvalue weighted by atomic mass is 10.1. The van der Waals surface area contributed by atoms with Gasteiger partial charge in [-0.25, -0.2) is 0 Å². The van der Waals surface area contributed by atoms with Gasteiger partial charge in [0.25, 0.3) is 0 Å². The summed E-state index contributed by atoms with van der Waals surface area (Å²) in [6.07, 6.45) is 1.56. The lowest BCUT2D eigenvalue weighted by Crippen LogP contribution is -2.11. The Bertz CT molecular complexity index is 782. The van der Waals surface area contributed by atoms with Crippen molar-refractivity contribution in [1.29, 1.82) is 0 Å². The summed E-state index contributed by atoms with van der Waals surface area (Å²) >= 11 is 0. The second kappa shape index (κ2) is 8.24. The fraction of sp³-hybridized carbons (Fsp3) is 0.250. The third kappa shape index (κ3) is 4.76. The first kappa shape index (κ1) is 18.4. The Morgan fingerprint density at radius 2 is 1.84 bits per heavy atom. The predicted octanol–water partition coefficient (Wildman–Crippen LogP) is 3.81. The van der Waals surface area contributed by atoms with Crippen molar-refractivity contribution in [2.24, 2.45) is 0 Å². The zero-order chi connectivity index (χ0) is 18.4. The molecule has 0 aliphatic heterocycles. The zero-order valence-electron chi connectivity index (χ0n) is 15.3. The van der Waals surface area contributed by atoms with Gasteiger partial charge in [0.2, 0.25) is 5.91 Å². The minimum Gasteiger partial charge on any atom is -0.497 e. The summed E-state index contributed by atoms with van der Waals surface area (Å²) in [5.41, 5.74) is 3.43. The number of nitrogens with zero attached hydrogens (tertiary/aromatic N) is 1. The minimum absolute atomic E-state index is 0.189. The number of carbonyl (C=O) groups is 1. The van der Waals surface area contributed by atoms with E-state index in [4.69, 9.17) is 9.47 Å². The molecule has 0 saturated heterocycles. The minimum atomic E-state index is -0.189. The van der Waals surface area contributed by atoms with Gasteiger partial charge in [0.05, 0.1) is 14.2 Å². The standard InChI is InChI=1S/C20H24N2O3/c1-14(18-10-9-17(24-4)13-19(18)25-5)11-20(23)21-15-7-6-8-16(12-15)22(2)3/h6-13H,1-5H3,(H,21,23)/b14-11+. The molecule has 0 atom stereocenters. The average Bonchev–Trinajstić information content (AvgIpc) is 2.61. The Kier molecular flexibility index (Phi) is 6.06. The fourth-order valence-electron chi connectivity index (χ4n) is 2.44. The van der Waals surface area contributed by atoms with E-state index in [2.05, 4.69) is 5.32 Å². The lowest BCUT2D eigenvalue weighted by molar-refractivity contribution is -0.111. The van der Waals surface area contributed by atoms with Gasteiger partial charge in [0.15, 0.2) is 0 Å². The summed E-state index contributed by atoms with van der Waals surface area (Å²) in [6, 6.07) is 13.2. The van der Waals surface area contributed by atoms with Crippen molar-refractivity contribution in [2.45, 2.75) is 6.92 Å². The van der Waals surface area contributed by atoms with Gasteiger partial charge in [-0.05, 0) is 42.8 Å². The molecule has 2 aromatic rings. The molecule has 5 heteroatoms. The molecule has 0 bridgehead atoms. The Hall–Kier alpha value is -2.95. The third-order valence-electron chi connectivity index (χ3n) is 3.81. The molecule has 0 radical (unpaired) electrons. The van der Waals surface area contributed by atoms with Gasteiger partial charge in [-0.2, -0.15) is 0 Å². The van der Waals surface area contributed by atoms with Crippen LogP contribution in [0.5, 0.6) is 11.5 Å². The molecule has 0 spiro atoms. The SMILES string of the molecule is COc1ccc(/C(C)=C/C(=O)Nc2cccc(N(C)C)c2)c(OC)c1. The van der Waals surface area contributed by atoms with E-state index < -0.39 is 0 Å². The highest BCUT2D eigenvalue weighted by Crippen LogP contribution is 2.30. The highest BCUT2D eigenvalue weighted by molar-refractivity contribution is 6.04. The molecule has 132 valence electrons. The van der Waals surface area contributed by atoms with Crippen LogP contribution in [0.4, 0.5) is 11.4 Å².